The molecule has 0 unspecified atom stereocenters. The van der Waals surface area contributed by atoms with Crippen LogP contribution in [0.4, 0.5) is 0 Å². The second-order valence-electron chi connectivity index (χ2n) is 3.25. The average molecular weight is 271 g/mol. The number of rotatable bonds is 6. The molecule has 0 heterocycles. The Bertz CT molecular complexity index is 325. The summed E-state index contributed by atoms with van der Waals surface area (Å²) in [5.41, 5.74) is 1.22. The molecule has 82 valence electrons. The standard InChI is InChI=1S/C12H16BrNO/c1-3-7-15-12-6-5-11(13)8-10(12)9-14-4-2/h3,5-6,8,14H,1,4,7,9H2,2H3/p+1. The quantitative estimate of drug-likeness (QED) is 0.788. The van der Waals surface area contributed by atoms with E-state index in [0.29, 0.717) is 6.61 Å². The topological polar surface area (TPSA) is 25.8 Å². The zero-order valence-corrected chi connectivity index (χ0v) is 10.6. The molecule has 0 saturated heterocycles. The molecule has 0 aliphatic rings. The van der Waals surface area contributed by atoms with E-state index in [4.69, 9.17) is 4.74 Å². The van der Waals surface area contributed by atoms with Crippen molar-refractivity contribution in [3.8, 4) is 5.75 Å². The highest BCUT2D eigenvalue weighted by atomic mass is 79.9. The lowest BCUT2D eigenvalue weighted by Crippen LogP contribution is -2.81. The van der Waals surface area contributed by atoms with Crippen LogP contribution in [0.3, 0.4) is 0 Å². The van der Waals surface area contributed by atoms with Gasteiger partial charge < -0.3 is 10.1 Å². The van der Waals surface area contributed by atoms with Crippen molar-refractivity contribution in [3.63, 3.8) is 0 Å². The summed E-state index contributed by atoms with van der Waals surface area (Å²) in [6, 6.07) is 6.09. The predicted molar refractivity (Wildman–Crippen MR) is 66.0 cm³/mol. The predicted octanol–water partition coefficient (Wildman–Crippen LogP) is 2.10. The first-order chi connectivity index (χ1) is 7.27. The SMILES string of the molecule is C=CCOc1ccc(Br)cc1C[NH2+]CC. The fourth-order valence-electron chi connectivity index (χ4n) is 1.30. The molecule has 2 nitrogen and oxygen atoms in total. The molecule has 0 radical (unpaired) electrons. The zero-order valence-electron chi connectivity index (χ0n) is 9.00. The van der Waals surface area contributed by atoms with Gasteiger partial charge in [0.25, 0.3) is 0 Å². The smallest absolute Gasteiger partial charge is 0.128 e. The van der Waals surface area contributed by atoms with E-state index in [1.165, 1.54) is 5.56 Å². The zero-order chi connectivity index (χ0) is 11.1. The molecule has 0 spiro atoms. The van der Waals surface area contributed by atoms with Crippen LogP contribution in [0.2, 0.25) is 0 Å². The Hall–Kier alpha value is -0.800. The minimum atomic E-state index is 0.556. The average Bonchev–Trinajstić information content (AvgIpc) is 2.25. The van der Waals surface area contributed by atoms with Crippen molar-refractivity contribution in [1.82, 2.24) is 0 Å². The van der Waals surface area contributed by atoms with Crippen molar-refractivity contribution in [2.24, 2.45) is 0 Å². The van der Waals surface area contributed by atoms with Crippen LogP contribution in [-0.4, -0.2) is 13.2 Å². The molecule has 1 aromatic rings. The maximum atomic E-state index is 5.58. The van der Waals surface area contributed by atoms with Crippen LogP contribution >= 0.6 is 15.9 Å². The van der Waals surface area contributed by atoms with Gasteiger partial charge in [0, 0.05) is 10.0 Å². The van der Waals surface area contributed by atoms with Crippen molar-refractivity contribution >= 4 is 15.9 Å². The van der Waals surface area contributed by atoms with E-state index in [-0.39, 0.29) is 0 Å². The summed E-state index contributed by atoms with van der Waals surface area (Å²) < 4.78 is 6.67. The molecule has 0 aliphatic heterocycles. The van der Waals surface area contributed by atoms with Gasteiger partial charge in [-0.2, -0.15) is 0 Å². The summed E-state index contributed by atoms with van der Waals surface area (Å²) in [4.78, 5) is 0. The normalized spacial score (nSPS) is 10.0. The second kappa shape index (κ2) is 6.64. The summed E-state index contributed by atoms with van der Waals surface area (Å²) in [6.45, 7) is 8.36. The van der Waals surface area contributed by atoms with Crippen LogP contribution in [0.25, 0.3) is 0 Å². The van der Waals surface area contributed by atoms with Gasteiger partial charge in [-0.15, -0.1) is 0 Å². The molecule has 0 bridgehead atoms. The maximum absolute atomic E-state index is 5.58. The number of hydrogen-bond acceptors (Lipinski definition) is 1. The molecular formula is C12H17BrNO+. The van der Waals surface area contributed by atoms with E-state index in [0.717, 1.165) is 23.3 Å². The summed E-state index contributed by atoms with van der Waals surface area (Å²) in [5, 5.41) is 2.24. The number of ether oxygens (including phenoxy) is 1. The largest absolute Gasteiger partial charge is 0.489 e. The van der Waals surface area contributed by atoms with Gasteiger partial charge in [-0.25, -0.2) is 0 Å². The number of quaternary nitrogens is 1. The van der Waals surface area contributed by atoms with E-state index in [2.05, 4.69) is 40.8 Å². The molecule has 0 saturated carbocycles. The third kappa shape index (κ3) is 4.06. The lowest BCUT2D eigenvalue weighted by atomic mass is 10.2. The van der Waals surface area contributed by atoms with Gasteiger partial charge >= 0.3 is 0 Å². The van der Waals surface area contributed by atoms with E-state index < -0.39 is 0 Å². The molecule has 1 aromatic carbocycles. The fraction of sp³-hybridized carbons (Fsp3) is 0.333. The molecule has 2 N–H and O–H groups in total. The van der Waals surface area contributed by atoms with E-state index >= 15 is 0 Å². The molecule has 1 rings (SSSR count). The molecule has 0 aliphatic carbocycles. The number of benzene rings is 1. The monoisotopic (exact) mass is 270 g/mol. The van der Waals surface area contributed by atoms with Crippen molar-refractivity contribution in [2.45, 2.75) is 13.5 Å². The first kappa shape index (κ1) is 12.3. The highest BCUT2D eigenvalue weighted by Crippen LogP contribution is 2.22. The van der Waals surface area contributed by atoms with Crippen LogP contribution in [0.15, 0.2) is 35.3 Å². The highest BCUT2D eigenvalue weighted by molar-refractivity contribution is 9.10. The van der Waals surface area contributed by atoms with Gasteiger partial charge in [0.2, 0.25) is 0 Å². The third-order valence-electron chi connectivity index (χ3n) is 2.03. The Kier molecular flexibility index (Phi) is 5.43. The van der Waals surface area contributed by atoms with Crippen LogP contribution in [0.1, 0.15) is 12.5 Å². The molecule has 0 fully saturated rings. The van der Waals surface area contributed by atoms with E-state index in [1.54, 1.807) is 6.08 Å². The van der Waals surface area contributed by atoms with Crippen molar-refractivity contribution in [3.05, 3.63) is 40.9 Å². The van der Waals surface area contributed by atoms with Gasteiger partial charge in [0.1, 0.15) is 18.9 Å². The number of hydrogen-bond donors (Lipinski definition) is 1. The molecule has 0 amide bonds. The first-order valence-electron chi connectivity index (χ1n) is 5.11. The van der Waals surface area contributed by atoms with Gasteiger partial charge in [-0.3, -0.25) is 0 Å². The van der Waals surface area contributed by atoms with Crippen molar-refractivity contribution < 1.29 is 10.1 Å². The molecule has 0 aromatic heterocycles. The Morgan fingerprint density at radius 1 is 1.53 bits per heavy atom. The summed E-state index contributed by atoms with van der Waals surface area (Å²) in [7, 11) is 0. The van der Waals surface area contributed by atoms with Crippen molar-refractivity contribution in [1.29, 1.82) is 0 Å². The van der Waals surface area contributed by atoms with E-state index in [1.807, 2.05) is 12.1 Å². The van der Waals surface area contributed by atoms with Gasteiger partial charge in [0.05, 0.1) is 6.54 Å². The van der Waals surface area contributed by atoms with E-state index in [9.17, 15) is 0 Å². The molecular weight excluding hydrogens is 254 g/mol. The molecule has 3 heteroatoms. The maximum Gasteiger partial charge on any atom is 0.128 e. The Balaban J connectivity index is 2.77. The molecule has 0 atom stereocenters. The van der Waals surface area contributed by atoms with Crippen LogP contribution in [0.5, 0.6) is 5.75 Å². The fourth-order valence-corrected chi connectivity index (χ4v) is 1.71. The highest BCUT2D eigenvalue weighted by Gasteiger charge is 2.05. The van der Waals surface area contributed by atoms with Gasteiger partial charge in [-0.1, -0.05) is 28.6 Å². The first-order valence-corrected chi connectivity index (χ1v) is 5.91. The minimum absolute atomic E-state index is 0.556. The molecule has 15 heavy (non-hydrogen) atoms. The lowest BCUT2D eigenvalue weighted by molar-refractivity contribution is -0.667. The number of nitrogens with two attached hydrogens (primary N) is 1. The summed E-state index contributed by atoms with van der Waals surface area (Å²) in [6.07, 6.45) is 1.76. The van der Waals surface area contributed by atoms with Crippen LogP contribution in [0, 0.1) is 0 Å². The third-order valence-corrected chi connectivity index (χ3v) is 2.53. The van der Waals surface area contributed by atoms with Crippen LogP contribution in [-0.2, 0) is 6.54 Å². The summed E-state index contributed by atoms with van der Waals surface area (Å²) in [5.74, 6) is 0.947. The summed E-state index contributed by atoms with van der Waals surface area (Å²) >= 11 is 3.47. The minimum Gasteiger partial charge on any atom is -0.489 e. The lowest BCUT2D eigenvalue weighted by Gasteiger charge is -2.09. The van der Waals surface area contributed by atoms with Crippen LogP contribution < -0.4 is 10.1 Å². The second-order valence-corrected chi connectivity index (χ2v) is 4.17. The number of halogens is 1. The van der Waals surface area contributed by atoms with Crippen molar-refractivity contribution in [2.75, 3.05) is 13.2 Å². The van der Waals surface area contributed by atoms with Gasteiger partial charge in [0.15, 0.2) is 0 Å². The Morgan fingerprint density at radius 2 is 2.33 bits per heavy atom. The Morgan fingerprint density at radius 3 is 3.00 bits per heavy atom. The Labute approximate surface area is 99.5 Å². The van der Waals surface area contributed by atoms with Gasteiger partial charge in [-0.05, 0) is 25.1 Å².